The molecule has 392 valence electrons. The first-order valence-electron chi connectivity index (χ1n) is 31.4. The van der Waals surface area contributed by atoms with Gasteiger partial charge in [-0.3, -0.25) is 0 Å². The minimum atomic E-state index is -0.552. The summed E-state index contributed by atoms with van der Waals surface area (Å²) in [7, 11) is 0. The molecule has 0 bridgehead atoms. The first-order chi connectivity index (χ1) is 38.0. The predicted octanol–water partition coefficient (Wildman–Crippen LogP) is 17.6. The van der Waals surface area contributed by atoms with E-state index in [1.807, 2.05) is 0 Å². The summed E-state index contributed by atoms with van der Waals surface area (Å²) >= 11 is 0. The largest absolute Gasteiger partial charge is 0.335 e. The third-order valence-electron chi connectivity index (χ3n) is 21.7. The molecule has 14 rings (SSSR count). The highest BCUT2D eigenvalue weighted by Crippen LogP contribution is 2.66. The van der Waals surface area contributed by atoms with Crippen molar-refractivity contribution in [3.63, 3.8) is 0 Å². The van der Waals surface area contributed by atoms with Gasteiger partial charge in [0, 0.05) is 55.9 Å². The molecule has 0 saturated heterocycles. The molecule has 2 fully saturated rings. The summed E-state index contributed by atoms with van der Waals surface area (Å²) in [6.45, 7) is 35.9. The van der Waals surface area contributed by atoms with E-state index >= 15 is 0 Å². The maximum absolute atomic E-state index is 10.0. The number of hydrogen-bond acceptors (Lipinski definition) is 3. The van der Waals surface area contributed by atoms with Crippen molar-refractivity contribution in [3.8, 4) is 22.3 Å². The SMILES string of the molecule is [2H]c1c([2H])c([2H])c2c(c1[2H])N(c1cc3c4c(c1)N1c5c(cc(C(C)(C)C)cc5C5(C)CCCCC15C)B4c1ccc4c(c1N3c1ccc(C(C)(C)C)cc1-c1ccccc1)C(C)(C)c1ccc(C(C)(C)C)cc1-4)C1(C)CCCCC21C. The van der Waals surface area contributed by atoms with E-state index in [4.69, 9.17) is 0 Å². The highest BCUT2D eigenvalue weighted by atomic mass is 15.3. The third kappa shape index (κ3) is 6.34. The van der Waals surface area contributed by atoms with Crippen LogP contribution in [0.1, 0.15) is 200 Å². The molecule has 0 amide bonds. The van der Waals surface area contributed by atoms with Crippen LogP contribution in [-0.4, -0.2) is 17.8 Å². The van der Waals surface area contributed by atoms with Crippen molar-refractivity contribution in [1.29, 1.82) is 0 Å². The summed E-state index contributed by atoms with van der Waals surface area (Å²) in [6.07, 6.45) is 8.26. The van der Waals surface area contributed by atoms with Gasteiger partial charge in [0.2, 0.25) is 0 Å². The lowest BCUT2D eigenvalue weighted by Crippen LogP contribution is -2.65. The Bertz CT molecular complexity index is 3910. The van der Waals surface area contributed by atoms with E-state index in [9.17, 15) is 5.48 Å². The van der Waals surface area contributed by atoms with Crippen molar-refractivity contribution in [2.45, 2.75) is 199 Å². The molecule has 0 radical (unpaired) electrons. The first-order valence-corrected chi connectivity index (χ1v) is 29.4. The van der Waals surface area contributed by atoms with Gasteiger partial charge < -0.3 is 14.7 Å². The Morgan fingerprint density at radius 1 is 0.468 bits per heavy atom. The van der Waals surface area contributed by atoms with E-state index in [0.717, 1.165) is 67.6 Å². The van der Waals surface area contributed by atoms with Gasteiger partial charge in [0.1, 0.15) is 0 Å². The predicted molar refractivity (Wildman–Crippen MR) is 330 cm³/mol. The van der Waals surface area contributed by atoms with Crippen LogP contribution in [0.5, 0.6) is 0 Å². The fraction of sp³-hybridized carbons (Fsp3) is 0.425. The van der Waals surface area contributed by atoms with Crippen LogP contribution in [0.4, 0.5) is 39.8 Å². The lowest BCUT2D eigenvalue weighted by Gasteiger charge is -2.54. The second-order valence-corrected chi connectivity index (χ2v) is 29.3. The minimum absolute atomic E-state index is 0.0357. The summed E-state index contributed by atoms with van der Waals surface area (Å²) in [4.78, 5) is 8.03. The Hall–Kier alpha value is -6.00. The van der Waals surface area contributed by atoms with Gasteiger partial charge in [-0.05, 0) is 158 Å². The quantitative estimate of drug-likeness (QED) is 0.163. The van der Waals surface area contributed by atoms with Gasteiger partial charge in [-0.25, -0.2) is 0 Å². The van der Waals surface area contributed by atoms with Crippen LogP contribution in [0.2, 0.25) is 0 Å². The highest BCUT2D eigenvalue weighted by molar-refractivity contribution is 7.00. The molecule has 4 atom stereocenters. The number of para-hydroxylation sites is 1. The standard InChI is InChI=1S/C73H82BN3/c1-66(2,3)46-29-32-53-52(40-46)50-31-33-56-65(62(50)69(53,10)11)75(58-34-30-47(67(4,5)6)39-51(58)45-25-17-16-18-26-45)60-43-49(76-59-28-20-19-27-54(59)70(12)35-21-23-37-72(70,76)14)44-61-63(60)74(56)57-42-48(68(7,8)9)41-55-64(57)77(61)73(15)38-24-22-36-71(55,73)13/h16-20,25-34,39-44H,21-24,35-38H2,1-15H3/i19D,20D,27D,28D. The average Bonchev–Trinajstić information content (AvgIpc) is 1.90. The molecule has 0 N–H and O–H groups in total. The normalized spacial score (nSPS) is 25.9. The molecular weight excluding hydrogens is 930 g/mol. The Morgan fingerprint density at radius 2 is 1.06 bits per heavy atom. The van der Waals surface area contributed by atoms with Crippen molar-refractivity contribution in [1.82, 2.24) is 0 Å². The Morgan fingerprint density at radius 3 is 1.74 bits per heavy atom. The molecule has 7 aromatic carbocycles. The smallest absolute Gasteiger partial charge is 0.252 e. The van der Waals surface area contributed by atoms with E-state index in [1.54, 1.807) is 0 Å². The number of rotatable bonds is 3. The van der Waals surface area contributed by atoms with E-state index in [0.29, 0.717) is 5.69 Å². The molecule has 7 aromatic rings. The van der Waals surface area contributed by atoms with E-state index in [1.165, 1.54) is 95.5 Å². The van der Waals surface area contributed by atoms with Crippen molar-refractivity contribution < 1.29 is 5.48 Å². The molecule has 0 spiro atoms. The van der Waals surface area contributed by atoms with Crippen molar-refractivity contribution in [2.24, 2.45) is 0 Å². The van der Waals surface area contributed by atoms with Crippen LogP contribution in [0.25, 0.3) is 22.3 Å². The van der Waals surface area contributed by atoms with E-state index < -0.39 is 11.0 Å². The van der Waals surface area contributed by atoms with Gasteiger partial charge in [-0.15, -0.1) is 0 Å². The Balaban J connectivity index is 1.19. The lowest BCUT2D eigenvalue weighted by atomic mass is 9.33. The summed E-state index contributed by atoms with van der Waals surface area (Å²) < 4.78 is 38.4. The Kier molecular flexibility index (Phi) is 9.12. The van der Waals surface area contributed by atoms with Gasteiger partial charge in [0.15, 0.2) is 0 Å². The molecule has 4 aliphatic heterocycles. The summed E-state index contributed by atoms with van der Waals surface area (Å²) in [5, 5.41) is 0. The second-order valence-electron chi connectivity index (χ2n) is 29.3. The summed E-state index contributed by atoms with van der Waals surface area (Å²) in [5.74, 6) is 0. The summed E-state index contributed by atoms with van der Waals surface area (Å²) in [6, 6.07) is 40.8. The van der Waals surface area contributed by atoms with E-state index in [-0.39, 0.29) is 63.5 Å². The molecule has 7 aliphatic rings. The van der Waals surface area contributed by atoms with Gasteiger partial charge in [-0.1, -0.05) is 213 Å². The molecule has 4 unspecified atom stereocenters. The fourth-order valence-corrected chi connectivity index (χ4v) is 16.8. The van der Waals surface area contributed by atoms with Gasteiger partial charge in [0.05, 0.1) is 22.2 Å². The van der Waals surface area contributed by atoms with Crippen LogP contribution in [0, 0.1) is 0 Å². The van der Waals surface area contributed by atoms with Crippen molar-refractivity contribution in [2.75, 3.05) is 14.7 Å². The molecule has 3 nitrogen and oxygen atoms in total. The molecular formula is C73H82BN3. The van der Waals surface area contributed by atoms with Crippen LogP contribution >= 0.6 is 0 Å². The van der Waals surface area contributed by atoms with Crippen molar-refractivity contribution in [3.05, 3.63) is 166 Å². The Labute approximate surface area is 468 Å². The number of anilines is 7. The first kappa shape index (κ1) is 44.9. The molecule has 2 saturated carbocycles. The van der Waals surface area contributed by atoms with Gasteiger partial charge in [-0.2, -0.15) is 0 Å². The lowest BCUT2D eigenvalue weighted by molar-refractivity contribution is 0.194. The molecule has 4 heterocycles. The topological polar surface area (TPSA) is 9.72 Å². The molecule has 0 aromatic heterocycles. The van der Waals surface area contributed by atoms with Crippen LogP contribution in [0.3, 0.4) is 0 Å². The van der Waals surface area contributed by atoms with Crippen LogP contribution in [0.15, 0.2) is 127 Å². The van der Waals surface area contributed by atoms with Gasteiger partial charge >= 0.3 is 0 Å². The van der Waals surface area contributed by atoms with E-state index in [2.05, 4.69) is 222 Å². The maximum Gasteiger partial charge on any atom is 0.252 e. The maximum atomic E-state index is 10.0. The van der Waals surface area contributed by atoms with Gasteiger partial charge in [0.25, 0.3) is 6.71 Å². The third-order valence-corrected chi connectivity index (χ3v) is 21.7. The number of benzene rings is 7. The monoisotopic (exact) mass is 1020 g/mol. The zero-order valence-corrected chi connectivity index (χ0v) is 48.9. The van der Waals surface area contributed by atoms with Crippen LogP contribution in [-0.2, 0) is 32.5 Å². The average molecular weight is 1020 g/mol. The molecule has 3 aliphatic carbocycles. The fourth-order valence-electron chi connectivity index (χ4n) is 16.8. The highest BCUT2D eigenvalue weighted by Gasteiger charge is 2.63. The number of nitrogens with zero attached hydrogens (tertiary/aromatic N) is 3. The summed E-state index contributed by atoms with van der Waals surface area (Å²) in [5.41, 5.74) is 23.6. The molecule has 77 heavy (non-hydrogen) atoms. The van der Waals surface area contributed by atoms with Crippen molar-refractivity contribution >= 4 is 62.9 Å². The molecule has 4 heteroatoms. The number of hydrogen-bond donors (Lipinski definition) is 0. The second kappa shape index (κ2) is 15.6. The van der Waals surface area contributed by atoms with Crippen LogP contribution < -0.4 is 31.1 Å². The zero-order chi connectivity index (χ0) is 57.4. The minimum Gasteiger partial charge on any atom is -0.335 e. The zero-order valence-electron chi connectivity index (χ0n) is 52.9. The number of fused-ring (bicyclic) bond motifs is 14.